The van der Waals surface area contributed by atoms with E-state index < -0.39 is 0 Å². The first kappa shape index (κ1) is 12.4. The molecule has 2 nitrogen and oxygen atoms in total. The first-order valence-corrected chi connectivity index (χ1v) is 7.24. The zero-order valence-corrected chi connectivity index (χ0v) is 11.4. The second kappa shape index (κ2) is 4.82. The van der Waals surface area contributed by atoms with E-state index in [0.717, 1.165) is 31.8 Å². The second-order valence-corrected chi connectivity index (χ2v) is 6.12. The second-order valence-electron chi connectivity index (χ2n) is 6.12. The van der Waals surface area contributed by atoms with E-state index in [4.69, 9.17) is 9.78 Å². The summed E-state index contributed by atoms with van der Waals surface area (Å²) in [6.07, 6.45) is 12.7. The molecule has 1 radical (unpaired) electrons. The summed E-state index contributed by atoms with van der Waals surface area (Å²) in [6, 6.07) is 0. The Bertz CT molecular complexity index is 363. The molecular formula is C16H23O2. The molecule has 1 spiro atoms. The minimum atomic E-state index is 0.0192. The average Bonchev–Trinajstić information content (AvgIpc) is 2.97. The van der Waals surface area contributed by atoms with Crippen LogP contribution >= 0.6 is 0 Å². The van der Waals surface area contributed by atoms with Gasteiger partial charge in [0.05, 0.1) is 6.61 Å². The van der Waals surface area contributed by atoms with Gasteiger partial charge in [-0.05, 0) is 42.6 Å². The largest absolute Gasteiger partial charge is 0.236 e. The summed E-state index contributed by atoms with van der Waals surface area (Å²) in [5.74, 6) is 2.88. The van der Waals surface area contributed by atoms with Crippen molar-refractivity contribution in [1.82, 2.24) is 0 Å². The van der Waals surface area contributed by atoms with Gasteiger partial charge in [0.2, 0.25) is 0 Å². The molecule has 1 saturated carbocycles. The van der Waals surface area contributed by atoms with Crippen molar-refractivity contribution in [2.45, 2.75) is 51.6 Å². The Morgan fingerprint density at radius 2 is 2.28 bits per heavy atom. The quantitative estimate of drug-likeness (QED) is 0.687. The lowest BCUT2D eigenvalue weighted by Crippen LogP contribution is -2.23. The Morgan fingerprint density at radius 1 is 1.39 bits per heavy atom. The smallest absolute Gasteiger partial charge is 0.107 e. The van der Waals surface area contributed by atoms with Gasteiger partial charge in [-0.3, -0.25) is 0 Å². The molecule has 1 heterocycles. The fraction of sp³-hybridized carbons (Fsp3) is 0.688. The molecule has 0 bridgehead atoms. The molecule has 0 aromatic rings. The highest BCUT2D eigenvalue weighted by atomic mass is 17.2. The van der Waals surface area contributed by atoms with Crippen LogP contribution in [0.5, 0.6) is 0 Å². The predicted molar refractivity (Wildman–Crippen MR) is 71.6 cm³/mol. The van der Waals surface area contributed by atoms with Crippen LogP contribution in [0.4, 0.5) is 0 Å². The minimum Gasteiger partial charge on any atom is -0.236 e. The first-order chi connectivity index (χ1) is 8.72. The molecule has 3 unspecified atom stereocenters. The number of allylic oxidation sites excluding steroid dienone is 4. The predicted octanol–water partition coefficient (Wildman–Crippen LogP) is 3.99. The van der Waals surface area contributed by atoms with Crippen LogP contribution in [-0.2, 0) is 9.78 Å². The molecular weight excluding hydrogens is 224 g/mol. The lowest BCUT2D eigenvalue weighted by Gasteiger charge is -2.23. The molecule has 99 valence electrons. The van der Waals surface area contributed by atoms with Gasteiger partial charge >= 0.3 is 0 Å². The van der Waals surface area contributed by atoms with Gasteiger partial charge in [-0.15, -0.1) is 0 Å². The summed E-state index contributed by atoms with van der Waals surface area (Å²) < 4.78 is 0. The fourth-order valence-corrected chi connectivity index (χ4v) is 3.80. The zero-order chi connectivity index (χ0) is 12.6. The van der Waals surface area contributed by atoms with Gasteiger partial charge in [-0.1, -0.05) is 38.5 Å². The summed E-state index contributed by atoms with van der Waals surface area (Å²) in [7, 11) is 0. The molecule has 18 heavy (non-hydrogen) atoms. The highest BCUT2D eigenvalue weighted by Crippen LogP contribution is 2.50. The third-order valence-corrected chi connectivity index (χ3v) is 4.79. The molecule has 0 aromatic heterocycles. The third-order valence-electron chi connectivity index (χ3n) is 4.79. The van der Waals surface area contributed by atoms with Gasteiger partial charge in [0.1, 0.15) is 5.60 Å². The molecule has 1 aliphatic heterocycles. The maximum Gasteiger partial charge on any atom is 0.107 e. The standard InChI is InChI=1S/C16H23O2/c1-3-13-10-16(7-8-17-18-16)11-15(13)14-6-4-5-12(2)9-14/h4,6,9,13,15H,3,5,7-8,10-11H2,1-2H3. The maximum atomic E-state index is 5.62. The van der Waals surface area contributed by atoms with E-state index in [1.165, 1.54) is 24.3 Å². The van der Waals surface area contributed by atoms with E-state index >= 15 is 0 Å². The van der Waals surface area contributed by atoms with Crippen LogP contribution in [0.3, 0.4) is 0 Å². The minimum absolute atomic E-state index is 0.0192. The Balaban J connectivity index is 1.80. The highest BCUT2D eigenvalue weighted by molar-refractivity contribution is 5.35. The van der Waals surface area contributed by atoms with Gasteiger partial charge in [0, 0.05) is 6.42 Å². The van der Waals surface area contributed by atoms with Crippen LogP contribution in [0.1, 0.15) is 46.0 Å². The van der Waals surface area contributed by atoms with Crippen molar-refractivity contribution < 1.29 is 9.78 Å². The fourth-order valence-electron chi connectivity index (χ4n) is 3.80. The van der Waals surface area contributed by atoms with Crippen molar-refractivity contribution >= 4 is 0 Å². The number of hydrogen-bond acceptors (Lipinski definition) is 2. The van der Waals surface area contributed by atoms with Crippen molar-refractivity contribution in [1.29, 1.82) is 0 Å². The topological polar surface area (TPSA) is 18.5 Å². The lowest BCUT2D eigenvalue weighted by atomic mass is 9.82. The van der Waals surface area contributed by atoms with Gasteiger partial charge < -0.3 is 0 Å². The highest BCUT2D eigenvalue weighted by Gasteiger charge is 2.49. The molecule has 0 aromatic carbocycles. The molecule has 1 saturated heterocycles. The van der Waals surface area contributed by atoms with Crippen molar-refractivity contribution in [3.8, 4) is 0 Å². The Morgan fingerprint density at radius 3 is 2.94 bits per heavy atom. The summed E-state index contributed by atoms with van der Waals surface area (Å²) in [6.45, 7) is 5.30. The zero-order valence-electron chi connectivity index (χ0n) is 11.4. The summed E-state index contributed by atoms with van der Waals surface area (Å²) in [5.41, 5.74) is 1.53. The number of rotatable bonds is 2. The summed E-state index contributed by atoms with van der Waals surface area (Å²) in [5, 5.41) is 0. The molecule has 3 atom stereocenters. The van der Waals surface area contributed by atoms with E-state index in [1.54, 1.807) is 0 Å². The normalized spacial score (nSPS) is 40.7. The molecule has 0 N–H and O–H groups in total. The Hall–Kier alpha value is -0.600. The molecule has 2 heteroatoms. The number of hydrogen-bond donors (Lipinski definition) is 0. The SMILES string of the molecule is CCC1CC2(CCOO2)CC1C1=C[C](C)CC=C1. The third kappa shape index (κ3) is 2.17. The van der Waals surface area contributed by atoms with Gasteiger partial charge in [-0.25, -0.2) is 9.78 Å². The van der Waals surface area contributed by atoms with Crippen LogP contribution in [0.25, 0.3) is 0 Å². The first-order valence-electron chi connectivity index (χ1n) is 7.24. The van der Waals surface area contributed by atoms with Crippen LogP contribution in [0.15, 0.2) is 23.8 Å². The van der Waals surface area contributed by atoms with Crippen molar-refractivity contribution in [2.24, 2.45) is 11.8 Å². The Kier molecular flexibility index (Phi) is 3.33. The van der Waals surface area contributed by atoms with E-state index in [-0.39, 0.29) is 5.60 Å². The van der Waals surface area contributed by atoms with Crippen LogP contribution in [0, 0.1) is 17.8 Å². The molecule has 2 aliphatic carbocycles. The van der Waals surface area contributed by atoms with Crippen LogP contribution < -0.4 is 0 Å². The van der Waals surface area contributed by atoms with Gasteiger partial charge in [0.15, 0.2) is 0 Å². The van der Waals surface area contributed by atoms with Crippen molar-refractivity contribution in [3.63, 3.8) is 0 Å². The van der Waals surface area contributed by atoms with Gasteiger partial charge in [-0.2, -0.15) is 0 Å². The monoisotopic (exact) mass is 247 g/mol. The average molecular weight is 247 g/mol. The lowest BCUT2D eigenvalue weighted by molar-refractivity contribution is -0.308. The van der Waals surface area contributed by atoms with Crippen molar-refractivity contribution in [3.05, 3.63) is 29.7 Å². The molecule has 3 rings (SSSR count). The van der Waals surface area contributed by atoms with Crippen molar-refractivity contribution in [2.75, 3.05) is 6.61 Å². The van der Waals surface area contributed by atoms with Crippen LogP contribution in [-0.4, -0.2) is 12.2 Å². The maximum absolute atomic E-state index is 5.62. The Labute approximate surface area is 110 Å². The van der Waals surface area contributed by atoms with E-state index in [0.29, 0.717) is 5.92 Å². The van der Waals surface area contributed by atoms with E-state index in [9.17, 15) is 0 Å². The van der Waals surface area contributed by atoms with E-state index in [2.05, 4.69) is 32.1 Å². The molecule has 2 fully saturated rings. The molecule has 0 amide bonds. The van der Waals surface area contributed by atoms with E-state index in [1.807, 2.05) is 0 Å². The molecule has 3 aliphatic rings. The van der Waals surface area contributed by atoms with Crippen LogP contribution in [0.2, 0.25) is 0 Å². The summed E-state index contributed by atoms with van der Waals surface area (Å²) in [4.78, 5) is 10.8. The van der Waals surface area contributed by atoms with Gasteiger partial charge in [0.25, 0.3) is 0 Å². The summed E-state index contributed by atoms with van der Waals surface area (Å²) >= 11 is 0.